The van der Waals surface area contributed by atoms with Crippen LogP contribution >= 0.6 is 0 Å². The van der Waals surface area contributed by atoms with Gasteiger partial charge in [-0.1, -0.05) is 26.7 Å². The molecular formula is C15H32N2. The molecule has 102 valence electrons. The van der Waals surface area contributed by atoms with Crippen LogP contribution in [0.15, 0.2) is 0 Å². The van der Waals surface area contributed by atoms with E-state index in [9.17, 15) is 0 Å². The molecular weight excluding hydrogens is 208 g/mol. The molecule has 17 heavy (non-hydrogen) atoms. The van der Waals surface area contributed by atoms with Gasteiger partial charge in [-0.05, 0) is 59.2 Å². The van der Waals surface area contributed by atoms with Crippen molar-refractivity contribution < 1.29 is 0 Å². The molecule has 0 spiro atoms. The van der Waals surface area contributed by atoms with Gasteiger partial charge in [-0.15, -0.1) is 0 Å². The Morgan fingerprint density at radius 2 is 1.59 bits per heavy atom. The third-order valence-electron chi connectivity index (χ3n) is 4.33. The first-order chi connectivity index (χ1) is 7.98. The van der Waals surface area contributed by atoms with Crippen LogP contribution in [0.5, 0.6) is 0 Å². The van der Waals surface area contributed by atoms with Crippen molar-refractivity contribution in [3.63, 3.8) is 0 Å². The second kappa shape index (κ2) is 6.75. The van der Waals surface area contributed by atoms with Crippen LogP contribution in [0.1, 0.15) is 59.8 Å². The Labute approximate surface area is 108 Å². The maximum Gasteiger partial charge on any atom is 0.0306 e. The molecule has 0 amide bonds. The minimum absolute atomic E-state index is 0.281. The monoisotopic (exact) mass is 240 g/mol. The number of hydrogen-bond donors (Lipinski definition) is 1. The predicted octanol–water partition coefficient (Wildman–Crippen LogP) is 3.28. The highest BCUT2D eigenvalue weighted by Crippen LogP contribution is 2.26. The Bertz CT molecular complexity index is 199. The van der Waals surface area contributed by atoms with Gasteiger partial charge in [0.2, 0.25) is 0 Å². The number of likely N-dealkylation sites (tertiary alicyclic amines) is 1. The topological polar surface area (TPSA) is 15.3 Å². The molecule has 0 aromatic heterocycles. The van der Waals surface area contributed by atoms with Gasteiger partial charge in [0.05, 0.1) is 0 Å². The molecule has 1 atom stereocenters. The van der Waals surface area contributed by atoms with Gasteiger partial charge in [0, 0.05) is 11.6 Å². The summed E-state index contributed by atoms with van der Waals surface area (Å²) in [6, 6.07) is 0.598. The van der Waals surface area contributed by atoms with Gasteiger partial charge in [-0.2, -0.15) is 0 Å². The maximum atomic E-state index is 3.55. The lowest BCUT2D eigenvalue weighted by molar-refractivity contribution is 0.0781. The van der Waals surface area contributed by atoms with Gasteiger partial charge >= 0.3 is 0 Å². The fraction of sp³-hybridized carbons (Fsp3) is 1.00. The zero-order chi connectivity index (χ0) is 12.9. The molecule has 2 nitrogen and oxygen atoms in total. The van der Waals surface area contributed by atoms with Gasteiger partial charge in [0.1, 0.15) is 0 Å². The Morgan fingerprint density at radius 3 is 2.00 bits per heavy atom. The van der Waals surface area contributed by atoms with Crippen molar-refractivity contribution in [3.8, 4) is 0 Å². The number of hydrogen-bond acceptors (Lipinski definition) is 2. The summed E-state index contributed by atoms with van der Waals surface area (Å²) in [6.07, 6.45) is 6.85. The minimum atomic E-state index is 0.281. The molecule has 1 heterocycles. The molecule has 1 fully saturated rings. The molecule has 2 heteroatoms. The molecule has 0 aliphatic carbocycles. The highest BCUT2D eigenvalue weighted by Gasteiger charge is 2.34. The third kappa shape index (κ3) is 4.26. The van der Waals surface area contributed by atoms with Crippen molar-refractivity contribution in [2.24, 2.45) is 5.92 Å². The van der Waals surface area contributed by atoms with Crippen LogP contribution in [0.25, 0.3) is 0 Å². The fourth-order valence-corrected chi connectivity index (χ4v) is 3.10. The van der Waals surface area contributed by atoms with Crippen molar-refractivity contribution in [1.82, 2.24) is 10.2 Å². The van der Waals surface area contributed by atoms with E-state index < -0.39 is 0 Å². The zero-order valence-electron chi connectivity index (χ0n) is 12.6. The Balaban J connectivity index is 2.67. The first-order valence-electron chi connectivity index (χ1n) is 7.40. The molecule has 0 saturated carbocycles. The Kier molecular flexibility index (Phi) is 5.94. The highest BCUT2D eigenvalue weighted by molar-refractivity contribution is 4.94. The van der Waals surface area contributed by atoms with Gasteiger partial charge in [-0.25, -0.2) is 0 Å². The molecule has 0 bridgehead atoms. The summed E-state index contributed by atoms with van der Waals surface area (Å²) < 4.78 is 0. The van der Waals surface area contributed by atoms with E-state index in [4.69, 9.17) is 0 Å². The van der Waals surface area contributed by atoms with E-state index in [2.05, 4.69) is 45.0 Å². The van der Waals surface area contributed by atoms with Crippen LogP contribution in [0.2, 0.25) is 0 Å². The summed E-state index contributed by atoms with van der Waals surface area (Å²) in [5.41, 5.74) is 0.281. The second-order valence-corrected chi connectivity index (χ2v) is 6.53. The van der Waals surface area contributed by atoms with Gasteiger partial charge in [0.15, 0.2) is 0 Å². The summed E-state index contributed by atoms with van der Waals surface area (Å²) >= 11 is 0. The number of rotatable bonds is 5. The lowest BCUT2D eigenvalue weighted by atomic mass is 9.86. The smallest absolute Gasteiger partial charge is 0.0306 e. The molecule has 0 aromatic rings. The largest absolute Gasteiger partial charge is 0.315 e. The van der Waals surface area contributed by atoms with Gasteiger partial charge < -0.3 is 5.32 Å². The standard InChI is InChI=1S/C15H32N2/c1-13(2)12-14(16-5)15(3,4)17-10-8-6-7-9-11-17/h13-14,16H,6-12H2,1-5H3. The summed E-state index contributed by atoms with van der Waals surface area (Å²) in [5, 5.41) is 3.55. The van der Waals surface area contributed by atoms with Crippen molar-refractivity contribution in [3.05, 3.63) is 0 Å². The SMILES string of the molecule is CNC(CC(C)C)C(C)(C)N1CCCCCC1. The number of nitrogens with one attached hydrogen (secondary N) is 1. The van der Waals surface area contributed by atoms with Crippen molar-refractivity contribution in [1.29, 1.82) is 0 Å². The average Bonchev–Trinajstić information content (AvgIpc) is 2.54. The second-order valence-electron chi connectivity index (χ2n) is 6.53. The van der Waals surface area contributed by atoms with Crippen molar-refractivity contribution in [2.45, 2.75) is 71.4 Å². The first kappa shape index (κ1) is 15.0. The average molecular weight is 240 g/mol. The minimum Gasteiger partial charge on any atom is -0.315 e. The third-order valence-corrected chi connectivity index (χ3v) is 4.33. The van der Waals surface area contributed by atoms with E-state index in [1.54, 1.807) is 0 Å². The van der Waals surface area contributed by atoms with E-state index >= 15 is 0 Å². The summed E-state index contributed by atoms with van der Waals surface area (Å²) in [7, 11) is 2.12. The van der Waals surface area contributed by atoms with E-state index in [1.807, 2.05) is 0 Å². The van der Waals surface area contributed by atoms with E-state index in [-0.39, 0.29) is 5.54 Å². The van der Waals surface area contributed by atoms with Gasteiger partial charge in [-0.3, -0.25) is 4.90 Å². The molecule has 1 unspecified atom stereocenters. The van der Waals surface area contributed by atoms with Crippen LogP contribution in [-0.4, -0.2) is 36.6 Å². The van der Waals surface area contributed by atoms with Crippen molar-refractivity contribution >= 4 is 0 Å². The summed E-state index contributed by atoms with van der Waals surface area (Å²) in [6.45, 7) is 12.0. The van der Waals surface area contributed by atoms with Crippen LogP contribution in [0.4, 0.5) is 0 Å². The molecule has 0 aromatic carbocycles. The predicted molar refractivity (Wildman–Crippen MR) is 76.4 cm³/mol. The highest BCUT2D eigenvalue weighted by atomic mass is 15.2. The normalized spacial score (nSPS) is 21.5. The van der Waals surface area contributed by atoms with Crippen LogP contribution < -0.4 is 5.32 Å². The Morgan fingerprint density at radius 1 is 1.06 bits per heavy atom. The van der Waals surface area contributed by atoms with E-state index in [1.165, 1.54) is 45.2 Å². The quantitative estimate of drug-likeness (QED) is 0.793. The fourth-order valence-electron chi connectivity index (χ4n) is 3.10. The van der Waals surface area contributed by atoms with Crippen LogP contribution in [-0.2, 0) is 0 Å². The molecule has 1 N–H and O–H groups in total. The summed E-state index contributed by atoms with van der Waals surface area (Å²) in [4.78, 5) is 2.71. The first-order valence-corrected chi connectivity index (χ1v) is 7.40. The van der Waals surface area contributed by atoms with Crippen LogP contribution in [0.3, 0.4) is 0 Å². The lowest BCUT2D eigenvalue weighted by Gasteiger charge is -2.44. The molecule has 1 aliphatic heterocycles. The zero-order valence-corrected chi connectivity index (χ0v) is 12.6. The number of nitrogens with zero attached hydrogens (tertiary/aromatic N) is 1. The Hall–Kier alpha value is -0.0800. The van der Waals surface area contributed by atoms with Crippen molar-refractivity contribution in [2.75, 3.05) is 20.1 Å². The molecule has 1 saturated heterocycles. The maximum absolute atomic E-state index is 3.55. The molecule has 1 rings (SSSR count). The summed E-state index contributed by atoms with van der Waals surface area (Å²) in [5.74, 6) is 0.763. The molecule has 0 radical (unpaired) electrons. The van der Waals surface area contributed by atoms with Gasteiger partial charge in [0.25, 0.3) is 0 Å². The molecule has 1 aliphatic rings. The van der Waals surface area contributed by atoms with E-state index in [0.717, 1.165) is 5.92 Å². The lowest BCUT2D eigenvalue weighted by Crippen LogP contribution is -2.57. The van der Waals surface area contributed by atoms with E-state index in [0.29, 0.717) is 6.04 Å². The van der Waals surface area contributed by atoms with Crippen LogP contribution in [0, 0.1) is 5.92 Å². The number of likely N-dealkylation sites (N-methyl/N-ethyl adjacent to an activating group) is 1.